The maximum absolute atomic E-state index is 12.3. The van der Waals surface area contributed by atoms with Crippen molar-refractivity contribution in [2.75, 3.05) is 13.2 Å². The largest absolute Gasteiger partial charge is 0.371 e. The zero-order valence-electron chi connectivity index (χ0n) is 12.9. The monoisotopic (exact) mass is 327 g/mol. The highest BCUT2D eigenvalue weighted by molar-refractivity contribution is 7.89. The molecule has 0 radical (unpaired) electrons. The normalized spacial score (nSPS) is 30.4. The number of hydrogen-bond acceptors (Lipinski definition) is 5. The Hall–Kier alpha value is -0.990. The highest BCUT2D eigenvalue weighted by Gasteiger charge is 2.50. The predicted octanol–water partition coefficient (Wildman–Crippen LogP) is 1.19. The van der Waals surface area contributed by atoms with Gasteiger partial charge in [0.25, 0.3) is 0 Å². The average molecular weight is 327 g/mol. The van der Waals surface area contributed by atoms with Gasteiger partial charge in [-0.25, -0.2) is 13.1 Å². The fourth-order valence-electron chi connectivity index (χ4n) is 2.79. The lowest BCUT2D eigenvalue weighted by molar-refractivity contribution is -0.174. The first kappa shape index (κ1) is 15.9. The Kier molecular flexibility index (Phi) is 4.03. The first-order chi connectivity index (χ1) is 10.3. The Morgan fingerprint density at radius 3 is 2.59 bits per heavy atom. The van der Waals surface area contributed by atoms with E-state index in [-0.39, 0.29) is 29.8 Å². The molecule has 0 aliphatic carbocycles. The van der Waals surface area contributed by atoms with Crippen molar-refractivity contribution in [2.24, 2.45) is 0 Å². The molecule has 0 spiro atoms. The van der Waals surface area contributed by atoms with Crippen LogP contribution < -0.4 is 4.72 Å². The van der Waals surface area contributed by atoms with Crippen LogP contribution in [0.4, 0.5) is 0 Å². The molecular weight excluding hydrogens is 306 g/mol. The van der Waals surface area contributed by atoms with Crippen molar-refractivity contribution in [1.82, 2.24) is 4.72 Å². The van der Waals surface area contributed by atoms with Gasteiger partial charge in [-0.2, -0.15) is 0 Å². The van der Waals surface area contributed by atoms with E-state index in [1.165, 1.54) is 0 Å². The molecule has 2 aliphatic rings. The van der Waals surface area contributed by atoms with Crippen molar-refractivity contribution in [3.8, 4) is 0 Å². The fourth-order valence-corrected chi connectivity index (χ4v) is 3.83. The molecule has 0 unspecified atom stereocenters. The summed E-state index contributed by atoms with van der Waals surface area (Å²) in [5, 5.41) is 0. The van der Waals surface area contributed by atoms with Crippen molar-refractivity contribution >= 4 is 10.0 Å². The molecule has 3 rings (SSSR count). The Morgan fingerprint density at radius 1 is 1.23 bits per heavy atom. The third-order valence-corrected chi connectivity index (χ3v) is 5.31. The van der Waals surface area contributed by atoms with E-state index >= 15 is 0 Å². The first-order valence-corrected chi connectivity index (χ1v) is 8.79. The van der Waals surface area contributed by atoms with Gasteiger partial charge < -0.3 is 14.2 Å². The topological polar surface area (TPSA) is 73.9 Å². The van der Waals surface area contributed by atoms with Gasteiger partial charge in [-0.1, -0.05) is 17.7 Å². The lowest BCUT2D eigenvalue weighted by atomic mass is 10.1. The molecule has 1 aromatic carbocycles. The van der Waals surface area contributed by atoms with E-state index in [0.29, 0.717) is 6.61 Å². The maximum Gasteiger partial charge on any atom is 0.240 e. The van der Waals surface area contributed by atoms with E-state index in [0.717, 1.165) is 5.56 Å². The van der Waals surface area contributed by atoms with Crippen LogP contribution >= 0.6 is 0 Å². The summed E-state index contributed by atoms with van der Waals surface area (Å²) in [6.45, 7) is 6.19. The molecule has 2 fully saturated rings. The number of nitrogens with one attached hydrogen (secondary N) is 1. The van der Waals surface area contributed by atoms with Crippen LogP contribution in [0.3, 0.4) is 0 Å². The van der Waals surface area contributed by atoms with Crippen LogP contribution in [0.2, 0.25) is 0 Å². The number of sulfonamides is 1. The van der Waals surface area contributed by atoms with Crippen LogP contribution in [0.25, 0.3) is 0 Å². The number of rotatable bonds is 4. The molecule has 2 aliphatic heterocycles. The van der Waals surface area contributed by atoms with Gasteiger partial charge in [0.05, 0.1) is 11.5 Å². The molecule has 22 heavy (non-hydrogen) atoms. The second-order valence-electron chi connectivity index (χ2n) is 6.18. The molecule has 0 amide bonds. The summed E-state index contributed by atoms with van der Waals surface area (Å²) in [5.74, 6) is -0.646. The zero-order valence-corrected chi connectivity index (χ0v) is 13.7. The molecular formula is C15H21NO5S. The number of benzene rings is 1. The van der Waals surface area contributed by atoms with Crippen LogP contribution in [0.5, 0.6) is 0 Å². The van der Waals surface area contributed by atoms with Crippen LogP contribution in [-0.2, 0) is 24.2 Å². The lowest BCUT2D eigenvalue weighted by Crippen LogP contribution is -2.39. The Bertz CT molecular complexity index is 640. The molecule has 0 bridgehead atoms. The smallest absolute Gasteiger partial charge is 0.240 e. The number of aryl methyl sites for hydroxylation is 1. The van der Waals surface area contributed by atoms with Crippen LogP contribution in [-0.4, -0.2) is 45.7 Å². The molecule has 122 valence electrons. The SMILES string of the molecule is Cc1ccc(S(=O)(=O)NC[C@H]2OC[C@H]3OC(C)(C)O[C@H]23)cc1. The zero-order chi connectivity index (χ0) is 16.0. The van der Waals surface area contributed by atoms with Gasteiger partial charge in [0.2, 0.25) is 10.0 Å². The number of ether oxygens (including phenoxy) is 3. The van der Waals surface area contributed by atoms with Gasteiger partial charge >= 0.3 is 0 Å². The minimum Gasteiger partial charge on any atom is -0.371 e. The van der Waals surface area contributed by atoms with E-state index in [2.05, 4.69) is 4.72 Å². The summed E-state index contributed by atoms with van der Waals surface area (Å²) in [7, 11) is -3.55. The molecule has 1 N–H and O–H groups in total. The highest BCUT2D eigenvalue weighted by Crippen LogP contribution is 2.35. The first-order valence-electron chi connectivity index (χ1n) is 7.30. The van der Waals surface area contributed by atoms with E-state index in [1.54, 1.807) is 24.3 Å². The third kappa shape index (κ3) is 3.18. The fraction of sp³-hybridized carbons (Fsp3) is 0.600. The van der Waals surface area contributed by atoms with Gasteiger partial charge in [0.1, 0.15) is 18.3 Å². The van der Waals surface area contributed by atoms with Crippen molar-refractivity contribution in [2.45, 2.75) is 49.8 Å². The molecule has 2 saturated heterocycles. The summed E-state index contributed by atoms with van der Waals surface area (Å²) >= 11 is 0. The maximum atomic E-state index is 12.3. The number of hydrogen-bond donors (Lipinski definition) is 1. The van der Waals surface area contributed by atoms with E-state index in [4.69, 9.17) is 14.2 Å². The van der Waals surface area contributed by atoms with Crippen LogP contribution in [0.15, 0.2) is 29.2 Å². The Labute approximate surface area is 130 Å². The summed E-state index contributed by atoms with van der Waals surface area (Å²) in [6, 6.07) is 6.72. The van der Waals surface area contributed by atoms with Gasteiger partial charge in [0.15, 0.2) is 5.79 Å². The second-order valence-corrected chi connectivity index (χ2v) is 7.94. The quantitative estimate of drug-likeness (QED) is 0.899. The minimum atomic E-state index is -3.55. The molecule has 7 heteroatoms. The van der Waals surface area contributed by atoms with Crippen molar-refractivity contribution in [3.63, 3.8) is 0 Å². The van der Waals surface area contributed by atoms with Gasteiger partial charge in [-0.15, -0.1) is 0 Å². The predicted molar refractivity (Wildman–Crippen MR) is 79.9 cm³/mol. The van der Waals surface area contributed by atoms with Crippen molar-refractivity contribution in [1.29, 1.82) is 0 Å². The molecule has 0 aromatic heterocycles. The van der Waals surface area contributed by atoms with E-state index in [1.807, 2.05) is 20.8 Å². The second kappa shape index (κ2) is 5.58. The lowest BCUT2D eigenvalue weighted by Gasteiger charge is -2.21. The third-order valence-electron chi connectivity index (χ3n) is 3.87. The Morgan fingerprint density at radius 2 is 1.91 bits per heavy atom. The van der Waals surface area contributed by atoms with Crippen LogP contribution in [0.1, 0.15) is 19.4 Å². The van der Waals surface area contributed by atoms with Crippen molar-refractivity contribution < 1.29 is 22.6 Å². The van der Waals surface area contributed by atoms with E-state index in [9.17, 15) is 8.42 Å². The van der Waals surface area contributed by atoms with Gasteiger partial charge in [0, 0.05) is 6.54 Å². The average Bonchev–Trinajstić information content (AvgIpc) is 2.92. The highest BCUT2D eigenvalue weighted by atomic mass is 32.2. The summed E-state index contributed by atoms with van der Waals surface area (Å²) in [6.07, 6.45) is -0.716. The van der Waals surface area contributed by atoms with Crippen molar-refractivity contribution in [3.05, 3.63) is 29.8 Å². The summed E-state index contributed by atoms with van der Waals surface area (Å²) in [5.41, 5.74) is 1.01. The molecule has 2 heterocycles. The minimum absolute atomic E-state index is 0.135. The molecule has 6 nitrogen and oxygen atoms in total. The standard InChI is InChI=1S/C15H21NO5S/c1-10-4-6-11(7-5-10)22(17,18)16-8-12-14-13(9-19-12)20-15(2,3)21-14/h4-7,12-14,16H,8-9H2,1-3H3/t12-,13-,14-/m1/s1. The van der Waals surface area contributed by atoms with Crippen LogP contribution in [0, 0.1) is 6.92 Å². The van der Waals surface area contributed by atoms with E-state index < -0.39 is 15.8 Å². The molecule has 3 atom stereocenters. The molecule has 1 aromatic rings. The summed E-state index contributed by atoms with van der Waals surface area (Å²) < 4.78 is 44.2. The number of fused-ring (bicyclic) bond motifs is 1. The van der Waals surface area contributed by atoms with Gasteiger partial charge in [-0.05, 0) is 32.9 Å². The van der Waals surface area contributed by atoms with Gasteiger partial charge in [-0.3, -0.25) is 0 Å². The molecule has 0 saturated carbocycles. The Balaban J connectivity index is 1.64. The summed E-state index contributed by atoms with van der Waals surface area (Å²) in [4.78, 5) is 0.247.